The molecule has 60 heavy (non-hydrogen) atoms. The van der Waals surface area contributed by atoms with Gasteiger partial charge in [0.2, 0.25) is 0 Å². The molecule has 12 rings (SSSR count). The Kier molecular flexibility index (Phi) is 13.7. The Hall–Kier alpha value is -4.34. The number of carbonyl (C=O) groups excluding carboxylic acids is 3. The van der Waals surface area contributed by atoms with Gasteiger partial charge in [-0.1, -0.05) is 31.7 Å². The van der Waals surface area contributed by atoms with Crippen molar-refractivity contribution in [2.75, 3.05) is 26.2 Å². The maximum Gasteiger partial charge on any atom is 0.338 e. The van der Waals surface area contributed by atoms with E-state index >= 15 is 0 Å². The molecule has 13 nitrogen and oxygen atoms in total. The molecule has 10 fully saturated rings. The van der Waals surface area contributed by atoms with Gasteiger partial charge in [-0.3, -0.25) is 4.79 Å². The van der Waals surface area contributed by atoms with Gasteiger partial charge >= 0.3 is 18.0 Å². The van der Waals surface area contributed by atoms with Crippen molar-refractivity contribution in [1.82, 2.24) is 31.5 Å². The van der Waals surface area contributed by atoms with Crippen LogP contribution in [0, 0.1) is 35.3 Å². The molecule has 2 aromatic carbocycles. The minimum atomic E-state index is -1.24. The molecule has 8 bridgehead atoms. The lowest BCUT2D eigenvalue weighted by atomic mass is 9.65. The second-order valence-electron chi connectivity index (χ2n) is 18.2. The Labute approximate surface area is 351 Å². The summed E-state index contributed by atoms with van der Waals surface area (Å²) in [5, 5.41) is 24.1. The fraction of sp³-hybridized carbons (Fsp3) is 0.644. The van der Waals surface area contributed by atoms with Crippen LogP contribution in [-0.2, 0) is 9.47 Å². The molecule has 6 N–H and O–H groups in total. The molecule has 15 heteroatoms. The Morgan fingerprint density at radius 3 is 1.45 bits per heavy atom. The quantitative estimate of drug-likeness (QED) is 0.191. The fourth-order valence-corrected chi connectivity index (χ4v) is 11.5. The van der Waals surface area contributed by atoms with E-state index in [-0.39, 0.29) is 48.3 Å². The van der Waals surface area contributed by atoms with Crippen LogP contribution in [-0.4, -0.2) is 95.9 Å². The number of nitrogens with zero attached hydrogens (tertiary/aromatic N) is 1. The van der Waals surface area contributed by atoms with Gasteiger partial charge < -0.3 is 46.1 Å². The molecule has 4 aliphatic carbocycles. The topological polar surface area (TPSA) is 170 Å². The van der Waals surface area contributed by atoms with E-state index in [0.717, 1.165) is 82.4 Å². The molecule has 0 aromatic heterocycles. The predicted octanol–water partition coefficient (Wildman–Crippen LogP) is 6.54. The number of carboxylic acid groups (broad SMARTS) is 1. The molecule has 4 unspecified atom stereocenters. The highest BCUT2D eigenvalue weighted by atomic mass is 19.1. The Balaban J connectivity index is 0.000000152. The summed E-state index contributed by atoms with van der Waals surface area (Å²) in [5.74, 6) is 0.165. The van der Waals surface area contributed by atoms with Gasteiger partial charge in [-0.2, -0.15) is 0 Å². The number of urea groups is 2. The summed E-state index contributed by atoms with van der Waals surface area (Å²) in [4.78, 5) is 49.3. The molecule has 6 aliphatic heterocycles. The number of halogens is 2. The van der Waals surface area contributed by atoms with Crippen LogP contribution in [0.4, 0.5) is 18.4 Å². The van der Waals surface area contributed by atoms with E-state index in [4.69, 9.17) is 14.6 Å². The second kappa shape index (κ2) is 18.7. The van der Waals surface area contributed by atoms with Gasteiger partial charge in [0.15, 0.2) is 0 Å². The minimum Gasteiger partial charge on any atom is -0.478 e. The number of ether oxygens (including phenoxy) is 2. The molecule has 328 valence electrons. The number of carboxylic acids is 1. The smallest absolute Gasteiger partial charge is 0.338 e. The fourth-order valence-electron chi connectivity index (χ4n) is 11.5. The normalized spacial score (nSPS) is 32.3. The zero-order valence-corrected chi connectivity index (χ0v) is 33.6. The van der Waals surface area contributed by atoms with Crippen LogP contribution in [0.5, 0.6) is 0 Å². The standard InChI is InChI=1S/C22H28FN3O3.C15H25N3O2.C7H5FO2.CH4/c23-19-4-2-1-3-18(19)20(27)26-7-5-16(6-8-26)24-21(28)25-22-12-14-9-15(13-22)11-17(10-14)29-22;19-14(17-12-1-3-16-4-2-12)18-15-8-10-5-11(9-15)7-13(6-10)20-15;8-6-4-2-1-3-5(6)7(9)10;/h1-4,14-17H,5-13H2,(H2,24,25,28);10-13,16H,1-9H2,(H2,17,18,19);1-4H,(H,9,10);1H4. The van der Waals surface area contributed by atoms with E-state index in [1.807, 2.05) is 0 Å². The average Bonchev–Trinajstić information content (AvgIpc) is 3.17. The lowest BCUT2D eigenvalue weighted by molar-refractivity contribution is -0.228. The molecule has 6 heterocycles. The van der Waals surface area contributed by atoms with E-state index in [9.17, 15) is 28.0 Å². The maximum absolute atomic E-state index is 13.9. The van der Waals surface area contributed by atoms with Crippen molar-refractivity contribution in [3.8, 4) is 0 Å². The van der Waals surface area contributed by atoms with Gasteiger partial charge in [0, 0.05) is 25.2 Å². The summed E-state index contributed by atoms with van der Waals surface area (Å²) in [6, 6.07) is 11.4. The van der Waals surface area contributed by atoms with Crippen molar-refractivity contribution in [2.45, 2.75) is 133 Å². The van der Waals surface area contributed by atoms with Gasteiger partial charge in [0.25, 0.3) is 5.91 Å². The summed E-state index contributed by atoms with van der Waals surface area (Å²) in [6.45, 7) is 3.01. The highest BCUT2D eigenvalue weighted by Gasteiger charge is 2.54. The van der Waals surface area contributed by atoms with E-state index in [2.05, 4.69) is 26.6 Å². The molecule has 5 amide bonds. The summed E-state index contributed by atoms with van der Waals surface area (Å²) in [6.07, 6.45) is 15.2. The van der Waals surface area contributed by atoms with Gasteiger partial charge in [0.1, 0.15) is 23.1 Å². The van der Waals surface area contributed by atoms with E-state index < -0.39 is 23.3 Å². The number of benzene rings is 2. The van der Waals surface area contributed by atoms with Gasteiger partial charge in [-0.25, -0.2) is 23.2 Å². The van der Waals surface area contributed by atoms with Crippen molar-refractivity contribution in [1.29, 1.82) is 0 Å². The first kappa shape index (κ1) is 43.7. The van der Waals surface area contributed by atoms with Crippen molar-refractivity contribution >= 4 is 23.9 Å². The van der Waals surface area contributed by atoms with Crippen LogP contribution in [0.2, 0.25) is 0 Å². The molecule has 10 aliphatic rings. The number of hydrogen-bond donors (Lipinski definition) is 6. The minimum absolute atomic E-state index is 0. The van der Waals surface area contributed by atoms with Crippen LogP contribution in [0.3, 0.4) is 0 Å². The summed E-state index contributed by atoms with van der Waals surface area (Å²) >= 11 is 0. The van der Waals surface area contributed by atoms with Crippen molar-refractivity contribution in [3.63, 3.8) is 0 Å². The maximum atomic E-state index is 13.9. The van der Waals surface area contributed by atoms with Crippen LogP contribution in [0.15, 0.2) is 48.5 Å². The SMILES string of the molecule is C.O=C(NC1CCN(C(=O)c2ccccc2F)CC1)NC12CC3CC(CC(C3)O1)C2.O=C(NC1CCNCC1)NC12CC3CC(CC(C3)O1)C2.O=C(O)c1ccccc1F. The first-order valence-corrected chi connectivity index (χ1v) is 21.7. The molecule has 0 radical (unpaired) electrons. The van der Waals surface area contributed by atoms with E-state index in [1.165, 1.54) is 56.0 Å². The second-order valence-corrected chi connectivity index (χ2v) is 18.2. The van der Waals surface area contributed by atoms with Gasteiger partial charge in [0.05, 0.1) is 23.3 Å². The highest BCUT2D eigenvalue weighted by Crippen LogP contribution is 2.53. The predicted molar refractivity (Wildman–Crippen MR) is 220 cm³/mol. The van der Waals surface area contributed by atoms with Crippen LogP contribution in [0.25, 0.3) is 0 Å². The number of amides is 5. The Morgan fingerprint density at radius 2 is 1.05 bits per heavy atom. The zero-order valence-electron chi connectivity index (χ0n) is 33.6. The molecule has 2 aromatic rings. The average molecular weight is 837 g/mol. The van der Waals surface area contributed by atoms with Crippen LogP contribution in [0.1, 0.15) is 118 Å². The number of nitrogens with one attached hydrogen (secondary N) is 5. The van der Waals surface area contributed by atoms with E-state index in [1.54, 1.807) is 17.0 Å². The first-order valence-electron chi connectivity index (χ1n) is 21.7. The molecule has 6 saturated heterocycles. The van der Waals surface area contributed by atoms with Crippen LogP contribution >= 0.6 is 0 Å². The number of carbonyl (C=O) groups is 4. The van der Waals surface area contributed by atoms with Crippen molar-refractivity contribution in [2.24, 2.45) is 23.7 Å². The molecule has 4 atom stereocenters. The third-order valence-electron chi connectivity index (χ3n) is 13.7. The third-order valence-corrected chi connectivity index (χ3v) is 13.7. The van der Waals surface area contributed by atoms with Crippen LogP contribution < -0.4 is 26.6 Å². The highest BCUT2D eigenvalue weighted by molar-refractivity contribution is 5.94. The Bertz CT molecular complexity index is 1780. The third kappa shape index (κ3) is 10.4. The molecule has 0 spiro atoms. The summed E-state index contributed by atoms with van der Waals surface area (Å²) in [5.41, 5.74) is -1.02. The first-order chi connectivity index (χ1) is 28.4. The lowest BCUT2D eigenvalue weighted by Crippen LogP contribution is -2.65. The largest absolute Gasteiger partial charge is 0.478 e. The molecular formula is C45H62F2N6O7. The van der Waals surface area contributed by atoms with Gasteiger partial charge in [-0.05, 0) is 151 Å². The number of aromatic carboxylic acids is 1. The summed E-state index contributed by atoms with van der Waals surface area (Å²) in [7, 11) is 0. The molecular weight excluding hydrogens is 775 g/mol. The number of likely N-dealkylation sites (tertiary alicyclic amines) is 1. The zero-order chi connectivity index (χ0) is 41.1. The number of piperidine rings is 2. The Morgan fingerprint density at radius 1 is 0.633 bits per heavy atom. The monoisotopic (exact) mass is 836 g/mol. The number of hydrogen-bond acceptors (Lipinski definition) is 7. The lowest BCUT2D eigenvalue weighted by Gasteiger charge is -2.56. The van der Waals surface area contributed by atoms with E-state index in [0.29, 0.717) is 56.0 Å². The molecule has 4 saturated carbocycles. The summed E-state index contributed by atoms with van der Waals surface area (Å²) < 4.78 is 38.7. The van der Waals surface area contributed by atoms with Gasteiger partial charge in [-0.15, -0.1) is 0 Å². The number of rotatable bonds is 6. The van der Waals surface area contributed by atoms with Crippen molar-refractivity contribution in [3.05, 3.63) is 71.3 Å². The van der Waals surface area contributed by atoms with Crippen molar-refractivity contribution < 1.29 is 42.5 Å².